The second-order valence-corrected chi connectivity index (χ2v) is 7.74. The molecule has 4 aliphatic rings. The van der Waals surface area contributed by atoms with E-state index in [9.17, 15) is 14.4 Å². The summed E-state index contributed by atoms with van der Waals surface area (Å²) in [6.45, 7) is 2.85. The summed E-state index contributed by atoms with van der Waals surface area (Å²) in [6, 6.07) is 3.29. The van der Waals surface area contributed by atoms with Gasteiger partial charge in [0.25, 0.3) is 11.8 Å². The zero-order valence-electron chi connectivity index (χ0n) is 15.7. The molecule has 1 unspecified atom stereocenters. The molecule has 0 radical (unpaired) electrons. The molecule has 0 aliphatic carbocycles. The van der Waals surface area contributed by atoms with Crippen LogP contribution in [0, 0.1) is 0 Å². The molecule has 5 rings (SSSR count). The standard InChI is InChI=1S/C20H23N3O5/c24-17-4-1-6-21(17)7-3-8-22-12-27-15-10-14-16(11-13(15)19(22)25)28-18-5-2-9-23(18)20(14)26/h10-11,18H,1-9,12H2. The second kappa shape index (κ2) is 6.68. The van der Waals surface area contributed by atoms with Crippen molar-refractivity contribution in [2.24, 2.45) is 0 Å². The minimum absolute atomic E-state index is 0.0553. The summed E-state index contributed by atoms with van der Waals surface area (Å²) >= 11 is 0. The molecule has 1 aromatic carbocycles. The van der Waals surface area contributed by atoms with E-state index in [0.717, 1.165) is 25.8 Å². The SMILES string of the molecule is O=C1CCCN1CCCN1COc2cc3c(cc2C1=O)OC1CCCN1C3=O. The van der Waals surface area contributed by atoms with E-state index in [1.165, 1.54) is 0 Å². The summed E-state index contributed by atoms with van der Waals surface area (Å²) in [4.78, 5) is 42.5. The molecule has 28 heavy (non-hydrogen) atoms. The van der Waals surface area contributed by atoms with Gasteiger partial charge in [-0.2, -0.15) is 0 Å². The first kappa shape index (κ1) is 17.3. The lowest BCUT2D eigenvalue weighted by Gasteiger charge is -2.34. The van der Waals surface area contributed by atoms with Gasteiger partial charge in [0.1, 0.15) is 11.5 Å². The van der Waals surface area contributed by atoms with Gasteiger partial charge in [-0.05, 0) is 31.4 Å². The van der Waals surface area contributed by atoms with Crippen molar-refractivity contribution in [3.8, 4) is 11.5 Å². The topological polar surface area (TPSA) is 79.4 Å². The van der Waals surface area contributed by atoms with E-state index in [1.807, 2.05) is 4.90 Å². The Bertz CT molecular complexity index is 854. The molecule has 0 saturated carbocycles. The van der Waals surface area contributed by atoms with Crippen LogP contribution in [-0.2, 0) is 4.79 Å². The molecule has 2 saturated heterocycles. The van der Waals surface area contributed by atoms with Crippen LogP contribution in [0.4, 0.5) is 0 Å². The fourth-order valence-corrected chi connectivity index (χ4v) is 4.44. The monoisotopic (exact) mass is 385 g/mol. The van der Waals surface area contributed by atoms with Crippen LogP contribution in [0.2, 0.25) is 0 Å². The van der Waals surface area contributed by atoms with Gasteiger partial charge in [0.2, 0.25) is 5.91 Å². The lowest BCUT2D eigenvalue weighted by atomic mass is 10.0. The van der Waals surface area contributed by atoms with E-state index in [-0.39, 0.29) is 30.7 Å². The van der Waals surface area contributed by atoms with E-state index in [1.54, 1.807) is 21.9 Å². The number of rotatable bonds is 4. The molecule has 0 spiro atoms. The second-order valence-electron chi connectivity index (χ2n) is 7.74. The molecule has 2 fully saturated rings. The Balaban J connectivity index is 1.30. The maximum absolute atomic E-state index is 12.9. The summed E-state index contributed by atoms with van der Waals surface area (Å²) in [6.07, 6.45) is 3.77. The molecule has 0 bridgehead atoms. The molecule has 8 nitrogen and oxygen atoms in total. The maximum atomic E-state index is 12.9. The van der Waals surface area contributed by atoms with E-state index < -0.39 is 0 Å². The highest BCUT2D eigenvalue weighted by atomic mass is 16.5. The van der Waals surface area contributed by atoms with Crippen LogP contribution in [0.1, 0.15) is 52.8 Å². The number of nitrogens with zero attached hydrogens (tertiary/aromatic N) is 3. The summed E-state index contributed by atoms with van der Waals surface area (Å²) < 4.78 is 11.7. The van der Waals surface area contributed by atoms with Gasteiger partial charge in [-0.1, -0.05) is 0 Å². The van der Waals surface area contributed by atoms with E-state index in [0.29, 0.717) is 55.1 Å². The van der Waals surface area contributed by atoms with Crippen LogP contribution in [0.5, 0.6) is 11.5 Å². The van der Waals surface area contributed by atoms with Crippen molar-refractivity contribution in [2.45, 2.75) is 38.3 Å². The molecular weight excluding hydrogens is 362 g/mol. The van der Waals surface area contributed by atoms with Crippen LogP contribution in [0.15, 0.2) is 12.1 Å². The molecule has 148 valence electrons. The van der Waals surface area contributed by atoms with Crippen LogP contribution in [0.3, 0.4) is 0 Å². The van der Waals surface area contributed by atoms with Gasteiger partial charge in [-0.15, -0.1) is 0 Å². The largest absolute Gasteiger partial charge is 0.472 e. The van der Waals surface area contributed by atoms with Crippen molar-refractivity contribution >= 4 is 17.7 Å². The first-order chi connectivity index (χ1) is 13.6. The Labute approximate surface area is 163 Å². The fourth-order valence-electron chi connectivity index (χ4n) is 4.44. The Morgan fingerprint density at radius 1 is 0.929 bits per heavy atom. The number of fused-ring (bicyclic) bond motifs is 3. The average molecular weight is 385 g/mol. The molecule has 0 aromatic heterocycles. The fraction of sp³-hybridized carbons (Fsp3) is 0.550. The number of benzene rings is 1. The van der Waals surface area contributed by atoms with Crippen molar-refractivity contribution in [3.05, 3.63) is 23.3 Å². The third-order valence-corrected chi connectivity index (χ3v) is 5.95. The van der Waals surface area contributed by atoms with Crippen molar-refractivity contribution in [3.63, 3.8) is 0 Å². The Morgan fingerprint density at radius 2 is 1.71 bits per heavy atom. The summed E-state index contributed by atoms with van der Waals surface area (Å²) in [5.41, 5.74) is 0.896. The van der Waals surface area contributed by atoms with Crippen LogP contribution < -0.4 is 9.47 Å². The number of amides is 3. The lowest BCUT2D eigenvalue weighted by Crippen LogP contribution is -2.44. The zero-order valence-corrected chi connectivity index (χ0v) is 15.7. The number of hydrogen-bond donors (Lipinski definition) is 0. The first-order valence-electron chi connectivity index (χ1n) is 9.97. The summed E-state index contributed by atoms with van der Waals surface area (Å²) in [5.74, 6) is 0.917. The van der Waals surface area contributed by atoms with E-state index >= 15 is 0 Å². The third-order valence-electron chi connectivity index (χ3n) is 5.95. The predicted octanol–water partition coefficient (Wildman–Crippen LogP) is 1.45. The molecule has 4 aliphatic heterocycles. The van der Waals surface area contributed by atoms with Gasteiger partial charge in [0.15, 0.2) is 13.0 Å². The molecule has 1 aromatic rings. The number of ether oxygens (including phenoxy) is 2. The maximum Gasteiger partial charge on any atom is 0.260 e. The minimum atomic E-state index is -0.230. The average Bonchev–Trinajstić information content (AvgIpc) is 3.32. The van der Waals surface area contributed by atoms with Gasteiger partial charge in [0.05, 0.1) is 11.1 Å². The third kappa shape index (κ3) is 2.78. The van der Waals surface area contributed by atoms with Gasteiger partial charge in [-0.25, -0.2) is 0 Å². The molecule has 4 heterocycles. The number of carbonyl (C=O) groups excluding carboxylic acids is 3. The van der Waals surface area contributed by atoms with Gasteiger partial charge < -0.3 is 24.2 Å². The first-order valence-corrected chi connectivity index (χ1v) is 9.97. The number of hydrogen-bond acceptors (Lipinski definition) is 5. The molecule has 8 heteroatoms. The number of likely N-dealkylation sites (tertiary alicyclic amines) is 1. The lowest BCUT2D eigenvalue weighted by molar-refractivity contribution is -0.127. The van der Waals surface area contributed by atoms with Gasteiger partial charge >= 0.3 is 0 Å². The van der Waals surface area contributed by atoms with E-state index in [4.69, 9.17) is 9.47 Å². The Morgan fingerprint density at radius 3 is 2.54 bits per heavy atom. The Kier molecular flexibility index (Phi) is 4.14. The molecular formula is C20H23N3O5. The van der Waals surface area contributed by atoms with Crippen molar-refractivity contribution in [2.75, 3.05) is 32.9 Å². The van der Waals surface area contributed by atoms with Gasteiger partial charge in [0, 0.05) is 39.0 Å². The van der Waals surface area contributed by atoms with Crippen LogP contribution >= 0.6 is 0 Å². The zero-order chi connectivity index (χ0) is 19.3. The molecule has 3 amide bonds. The Hall–Kier alpha value is -2.77. The molecule has 1 atom stereocenters. The molecule has 0 N–H and O–H groups in total. The highest BCUT2D eigenvalue weighted by Gasteiger charge is 2.39. The summed E-state index contributed by atoms with van der Waals surface area (Å²) in [5, 5.41) is 0. The quantitative estimate of drug-likeness (QED) is 0.784. The normalized spacial score (nSPS) is 23.4. The smallest absolute Gasteiger partial charge is 0.260 e. The van der Waals surface area contributed by atoms with Crippen LogP contribution in [0.25, 0.3) is 0 Å². The minimum Gasteiger partial charge on any atom is -0.472 e. The van der Waals surface area contributed by atoms with Crippen molar-refractivity contribution in [1.82, 2.24) is 14.7 Å². The van der Waals surface area contributed by atoms with Crippen LogP contribution in [-0.4, -0.2) is 71.6 Å². The summed E-state index contributed by atoms with van der Waals surface area (Å²) in [7, 11) is 0. The highest BCUT2D eigenvalue weighted by molar-refractivity contribution is 6.03. The van der Waals surface area contributed by atoms with E-state index in [2.05, 4.69) is 0 Å². The van der Waals surface area contributed by atoms with Crippen molar-refractivity contribution < 1.29 is 23.9 Å². The predicted molar refractivity (Wildman–Crippen MR) is 98.1 cm³/mol. The number of carbonyl (C=O) groups is 3. The highest BCUT2D eigenvalue weighted by Crippen LogP contribution is 2.38. The van der Waals surface area contributed by atoms with Crippen molar-refractivity contribution in [1.29, 1.82) is 0 Å². The van der Waals surface area contributed by atoms with Gasteiger partial charge in [-0.3, -0.25) is 14.4 Å².